The van der Waals surface area contributed by atoms with E-state index in [1.54, 1.807) is 34.1 Å². The molecule has 0 saturated carbocycles. The summed E-state index contributed by atoms with van der Waals surface area (Å²) < 4.78 is 0. The second-order valence-electron chi connectivity index (χ2n) is 9.08. The zero-order valence-corrected chi connectivity index (χ0v) is 19.7. The Morgan fingerprint density at radius 3 is 2.44 bits per heavy atom. The number of hydrogen-bond donors (Lipinski definition) is 2. The number of halogens is 1. The fourth-order valence-electron chi connectivity index (χ4n) is 4.55. The van der Waals surface area contributed by atoms with Crippen LogP contribution in [0.2, 0.25) is 5.02 Å². The van der Waals surface area contributed by atoms with E-state index in [-0.39, 0.29) is 30.2 Å². The van der Waals surface area contributed by atoms with Crippen LogP contribution in [-0.2, 0) is 20.0 Å². The number of nitrogens with zero attached hydrogens (tertiary/aromatic N) is 2. The molecule has 3 amide bonds. The first kappa shape index (κ1) is 24.3. The number of carbonyl (C=O) groups excluding carboxylic acids is 3. The summed E-state index contributed by atoms with van der Waals surface area (Å²) in [5.74, 6) is -0.772. The predicted molar refractivity (Wildman–Crippen MR) is 123 cm³/mol. The third-order valence-corrected chi connectivity index (χ3v) is 6.79. The Morgan fingerprint density at radius 2 is 1.88 bits per heavy atom. The van der Waals surface area contributed by atoms with E-state index in [4.69, 9.17) is 11.6 Å². The summed E-state index contributed by atoms with van der Waals surface area (Å²) in [7, 11) is 0. The third-order valence-electron chi connectivity index (χ3n) is 6.53. The molecule has 0 aliphatic carbocycles. The Hall–Kier alpha value is -2.38. The van der Waals surface area contributed by atoms with E-state index in [0.717, 1.165) is 6.42 Å². The highest BCUT2D eigenvalue weighted by Crippen LogP contribution is 2.37. The molecule has 0 radical (unpaired) electrons. The highest BCUT2D eigenvalue weighted by atomic mass is 35.5. The van der Waals surface area contributed by atoms with Gasteiger partial charge in [-0.05, 0) is 42.0 Å². The average molecular weight is 462 g/mol. The molecule has 2 fully saturated rings. The van der Waals surface area contributed by atoms with Gasteiger partial charge >= 0.3 is 0 Å². The van der Waals surface area contributed by atoms with Gasteiger partial charge in [0.05, 0.1) is 0 Å². The van der Waals surface area contributed by atoms with Crippen molar-refractivity contribution >= 4 is 29.3 Å². The van der Waals surface area contributed by atoms with Crippen molar-refractivity contribution in [2.24, 2.45) is 5.92 Å². The molecule has 2 heterocycles. The van der Waals surface area contributed by atoms with Crippen molar-refractivity contribution in [3.8, 4) is 0 Å². The monoisotopic (exact) mass is 461 g/mol. The van der Waals surface area contributed by atoms with Crippen molar-refractivity contribution in [3.05, 3.63) is 47.0 Å². The Bertz CT molecular complexity index is 901. The number of carbonyl (C=O) groups is 3. The summed E-state index contributed by atoms with van der Waals surface area (Å²) in [6.45, 7) is 10.3. The molecule has 7 nitrogen and oxygen atoms in total. The lowest BCUT2D eigenvalue weighted by Gasteiger charge is -2.42. The van der Waals surface area contributed by atoms with Gasteiger partial charge in [0.25, 0.3) is 0 Å². The molecule has 1 aromatic rings. The van der Waals surface area contributed by atoms with Gasteiger partial charge in [0.1, 0.15) is 17.7 Å². The van der Waals surface area contributed by atoms with Gasteiger partial charge in [-0.25, -0.2) is 0 Å². The van der Waals surface area contributed by atoms with Crippen molar-refractivity contribution in [3.63, 3.8) is 0 Å². The molecule has 174 valence electrons. The zero-order valence-electron chi connectivity index (χ0n) is 18.9. The Balaban J connectivity index is 1.69. The zero-order chi connectivity index (χ0) is 23.6. The van der Waals surface area contributed by atoms with E-state index in [2.05, 4.69) is 11.9 Å². The van der Waals surface area contributed by atoms with Crippen LogP contribution in [-0.4, -0.2) is 64.3 Å². The fourth-order valence-corrected chi connectivity index (χ4v) is 4.68. The molecule has 2 aliphatic heterocycles. The first-order valence-corrected chi connectivity index (χ1v) is 11.5. The molecular weight excluding hydrogens is 430 g/mol. The molecule has 0 bridgehead atoms. The van der Waals surface area contributed by atoms with Crippen molar-refractivity contribution in [1.29, 1.82) is 0 Å². The molecule has 1 unspecified atom stereocenters. The molecule has 1 aromatic carbocycles. The second-order valence-corrected chi connectivity index (χ2v) is 9.52. The number of likely N-dealkylation sites (tertiary alicyclic amines) is 2. The highest BCUT2D eigenvalue weighted by molar-refractivity contribution is 6.30. The minimum atomic E-state index is -1.23. The minimum absolute atomic E-state index is 0.135. The summed E-state index contributed by atoms with van der Waals surface area (Å²) in [5, 5.41) is 14.7. The first-order valence-electron chi connectivity index (χ1n) is 11.1. The van der Waals surface area contributed by atoms with E-state index in [1.807, 2.05) is 13.8 Å². The van der Waals surface area contributed by atoms with Crippen LogP contribution in [0.3, 0.4) is 0 Å². The van der Waals surface area contributed by atoms with Gasteiger partial charge < -0.3 is 20.2 Å². The number of amides is 3. The van der Waals surface area contributed by atoms with E-state index in [0.29, 0.717) is 42.1 Å². The van der Waals surface area contributed by atoms with Crippen LogP contribution in [0.1, 0.15) is 45.6 Å². The van der Waals surface area contributed by atoms with Crippen molar-refractivity contribution < 1.29 is 19.5 Å². The smallest absolute Gasteiger partial charge is 0.245 e. The standard InChI is InChI=1S/C24H32ClN3O4/c1-15(2)21(26-22(30)20-6-5-12-28(20)17(4)29)23(31)27-13-11-24(32,16(3)14-27)18-7-9-19(25)10-8-18/h7-10,15,20-21,32H,3,5-6,11-14H2,1-2,4H3,(H,26,30)/t20?,21-,24-/m1/s1. The number of nitrogens with one attached hydrogen (secondary N) is 1. The van der Waals surface area contributed by atoms with Gasteiger partial charge in [-0.2, -0.15) is 0 Å². The molecule has 3 atom stereocenters. The Labute approximate surface area is 194 Å². The van der Waals surface area contributed by atoms with Crippen LogP contribution >= 0.6 is 11.6 Å². The van der Waals surface area contributed by atoms with Crippen LogP contribution in [0.4, 0.5) is 0 Å². The number of piperidine rings is 1. The molecule has 0 spiro atoms. The van der Waals surface area contributed by atoms with Gasteiger partial charge in [-0.3, -0.25) is 14.4 Å². The Morgan fingerprint density at radius 1 is 1.22 bits per heavy atom. The Kier molecular flexibility index (Phi) is 7.30. The molecule has 0 aromatic heterocycles. The molecule has 2 saturated heterocycles. The molecular formula is C24H32ClN3O4. The highest BCUT2D eigenvalue weighted by Gasteiger charge is 2.41. The van der Waals surface area contributed by atoms with E-state index >= 15 is 0 Å². The van der Waals surface area contributed by atoms with E-state index in [1.165, 1.54) is 6.92 Å². The van der Waals surface area contributed by atoms with Gasteiger partial charge in [0.15, 0.2) is 0 Å². The summed E-state index contributed by atoms with van der Waals surface area (Å²) >= 11 is 5.96. The topological polar surface area (TPSA) is 90.0 Å². The maximum Gasteiger partial charge on any atom is 0.245 e. The van der Waals surface area contributed by atoms with Crippen LogP contribution in [0.15, 0.2) is 36.4 Å². The third kappa shape index (κ3) is 4.84. The van der Waals surface area contributed by atoms with E-state index < -0.39 is 17.7 Å². The van der Waals surface area contributed by atoms with E-state index in [9.17, 15) is 19.5 Å². The SMILES string of the molecule is C=C1CN(C(=O)[C@H](NC(=O)C2CCCN2C(C)=O)C(C)C)CC[C@]1(O)c1ccc(Cl)cc1. The quantitative estimate of drug-likeness (QED) is 0.659. The van der Waals surface area contributed by atoms with Gasteiger partial charge in [-0.15, -0.1) is 0 Å². The van der Waals surface area contributed by atoms with Gasteiger partial charge in [-0.1, -0.05) is 44.2 Å². The lowest BCUT2D eigenvalue weighted by atomic mass is 9.81. The molecule has 2 N–H and O–H groups in total. The fraction of sp³-hybridized carbons (Fsp3) is 0.542. The summed E-state index contributed by atoms with van der Waals surface area (Å²) in [6.07, 6.45) is 1.67. The molecule has 8 heteroatoms. The van der Waals surface area contributed by atoms with Crippen molar-refractivity contribution in [2.75, 3.05) is 19.6 Å². The second kappa shape index (κ2) is 9.63. The normalized spacial score (nSPS) is 24.6. The summed E-state index contributed by atoms with van der Waals surface area (Å²) in [5.41, 5.74) is -0.0193. The lowest BCUT2D eigenvalue weighted by Crippen LogP contribution is -2.57. The number of rotatable bonds is 5. The predicted octanol–water partition coefficient (Wildman–Crippen LogP) is 2.47. The van der Waals surface area contributed by atoms with Gasteiger partial charge in [0.2, 0.25) is 17.7 Å². The van der Waals surface area contributed by atoms with Crippen molar-refractivity contribution in [1.82, 2.24) is 15.1 Å². The number of hydrogen-bond acceptors (Lipinski definition) is 4. The maximum atomic E-state index is 13.3. The first-order chi connectivity index (χ1) is 15.0. The average Bonchev–Trinajstić information content (AvgIpc) is 3.24. The minimum Gasteiger partial charge on any atom is -0.381 e. The van der Waals surface area contributed by atoms with Gasteiger partial charge in [0, 0.05) is 38.0 Å². The molecule has 2 aliphatic rings. The van der Waals surface area contributed by atoms with Crippen LogP contribution < -0.4 is 5.32 Å². The van der Waals surface area contributed by atoms with Crippen LogP contribution in [0, 0.1) is 5.92 Å². The largest absolute Gasteiger partial charge is 0.381 e. The number of aliphatic hydroxyl groups is 1. The van der Waals surface area contributed by atoms with Crippen LogP contribution in [0.5, 0.6) is 0 Å². The maximum absolute atomic E-state index is 13.3. The summed E-state index contributed by atoms with van der Waals surface area (Å²) in [4.78, 5) is 41.3. The summed E-state index contributed by atoms with van der Waals surface area (Å²) in [6, 6.07) is 5.73. The molecule has 32 heavy (non-hydrogen) atoms. The molecule has 3 rings (SSSR count). The number of benzene rings is 1. The van der Waals surface area contributed by atoms with Crippen molar-refractivity contribution in [2.45, 2.75) is 57.7 Å². The lowest BCUT2D eigenvalue weighted by molar-refractivity contribution is -0.142. The van der Waals surface area contributed by atoms with Crippen LogP contribution in [0.25, 0.3) is 0 Å².